The van der Waals surface area contributed by atoms with Gasteiger partial charge in [-0.3, -0.25) is 4.79 Å². The van der Waals surface area contributed by atoms with Crippen LogP contribution < -0.4 is 5.32 Å². The van der Waals surface area contributed by atoms with E-state index in [1.165, 1.54) is 32.3 Å². The molecule has 0 aliphatic carbocycles. The molecule has 1 N–H and O–H groups in total. The van der Waals surface area contributed by atoms with E-state index in [9.17, 15) is 13.2 Å². The number of nitrogens with zero attached hydrogens (tertiary/aromatic N) is 2. The number of benzene rings is 2. The highest BCUT2D eigenvalue weighted by Crippen LogP contribution is 2.22. The molecule has 0 radical (unpaired) electrons. The topological polar surface area (TPSA) is 90.3 Å². The maximum absolute atomic E-state index is 12.3. The Balaban J connectivity index is 2.36. The molecule has 2 rings (SSSR count). The van der Waals surface area contributed by atoms with Crippen molar-refractivity contribution >= 4 is 21.6 Å². The zero-order valence-corrected chi connectivity index (χ0v) is 14.4. The molecule has 124 valence electrons. The Kier molecular flexibility index (Phi) is 5.02. The Morgan fingerprint density at radius 2 is 1.88 bits per heavy atom. The first-order chi connectivity index (χ1) is 11.3. The lowest BCUT2D eigenvalue weighted by Gasteiger charge is -2.14. The molecule has 0 aromatic heterocycles. The predicted molar refractivity (Wildman–Crippen MR) is 91.2 cm³/mol. The smallest absolute Gasteiger partial charge is 0.255 e. The van der Waals surface area contributed by atoms with Crippen molar-refractivity contribution in [3.63, 3.8) is 0 Å². The van der Waals surface area contributed by atoms with Crippen molar-refractivity contribution in [2.75, 3.05) is 19.4 Å². The van der Waals surface area contributed by atoms with E-state index in [1.54, 1.807) is 31.2 Å². The summed E-state index contributed by atoms with van der Waals surface area (Å²) >= 11 is 0. The van der Waals surface area contributed by atoms with Gasteiger partial charge in [-0.15, -0.1) is 0 Å². The molecule has 0 unspecified atom stereocenters. The van der Waals surface area contributed by atoms with Gasteiger partial charge in [-0.05, 0) is 42.8 Å². The number of hydrogen-bond donors (Lipinski definition) is 1. The molecule has 0 spiro atoms. The Bertz CT molecular complexity index is 928. The second-order valence-corrected chi connectivity index (χ2v) is 7.56. The number of nitriles is 1. The van der Waals surface area contributed by atoms with Crippen LogP contribution in [0.15, 0.2) is 47.4 Å². The predicted octanol–water partition coefficient (Wildman–Crippen LogP) is 2.37. The van der Waals surface area contributed by atoms with Crippen LogP contribution in [0.4, 0.5) is 5.69 Å². The average Bonchev–Trinajstić information content (AvgIpc) is 2.56. The van der Waals surface area contributed by atoms with Crippen LogP contribution in [-0.2, 0) is 10.0 Å². The van der Waals surface area contributed by atoms with E-state index in [0.717, 1.165) is 9.87 Å². The normalized spacial score (nSPS) is 11.1. The molecule has 0 aliphatic rings. The highest BCUT2D eigenvalue weighted by atomic mass is 32.2. The fraction of sp³-hybridized carbons (Fsp3) is 0.176. The molecule has 0 heterocycles. The van der Waals surface area contributed by atoms with Crippen molar-refractivity contribution in [1.82, 2.24) is 4.31 Å². The van der Waals surface area contributed by atoms with Crippen LogP contribution in [-0.4, -0.2) is 32.7 Å². The summed E-state index contributed by atoms with van der Waals surface area (Å²) in [6.07, 6.45) is 0. The molecule has 0 saturated carbocycles. The minimum atomic E-state index is -3.59. The van der Waals surface area contributed by atoms with Gasteiger partial charge >= 0.3 is 0 Å². The van der Waals surface area contributed by atoms with Crippen molar-refractivity contribution in [3.8, 4) is 6.07 Å². The third-order valence-corrected chi connectivity index (χ3v) is 5.30. The van der Waals surface area contributed by atoms with Crippen LogP contribution in [0.25, 0.3) is 0 Å². The number of amides is 1. The summed E-state index contributed by atoms with van der Waals surface area (Å²) in [7, 11) is -0.698. The van der Waals surface area contributed by atoms with Gasteiger partial charge in [0.15, 0.2) is 0 Å². The summed E-state index contributed by atoms with van der Waals surface area (Å²) in [4.78, 5) is 12.4. The molecule has 6 nitrogen and oxygen atoms in total. The minimum absolute atomic E-state index is 0.0965. The number of nitrogens with one attached hydrogen (secondary N) is 1. The molecular formula is C17H17N3O3S. The second kappa shape index (κ2) is 6.83. The highest BCUT2D eigenvalue weighted by molar-refractivity contribution is 7.89. The largest absolute Gasteiger partial charge is 0.322 e. The number of hydrogen-bond acceptors (Lipinski definition) is 4. The summed E-state index contributed by atoms with van der Waals surface area (Å²) in [6.45, 7) is 1.77. The maximum atomic E-state index is 12.3. The van der Waals surface area contributed by atoms with Gasteiger partial charge in [-0.25, -0.2) is 12.7 Å². The molecule has 0 fully saturated rings. The summed E-state index contributed by atoms with van der Waals surface area (Å²) < 4.78 is 25.5. The van der Waals surface area contributed by atoms with Crippen molar-refractivity contribution in [1.29, 1.82) is 5.26 Å². The fourth-order valence-electron chi connectivity index (χ4n) is 2.03. The first-order valence-corrected chi connectivity index (χ1v) is 8.54. The van der Waals surface area contributed by atoms with Gasteiger partial charge in [0.05, 0.1) is 16.5 Å². The van der Waals surface area contributed by atoms with Gasteiger partial charge in [0.1, 0.15) is 0 Å². The van der Waals surface area contributed by atoms with Gasteiger partial charge in [-0.1, -0.05) is 12.1 Å². The molecule has 0 bridgehead atoms. The Morgan fingerprint density at radius 1 is 1.17 bits per heavy atom. The third-order valence-electron chi connectivity index (χ3n) is 3.49. The molecule has 7 heteroatoms. The van der Waals surface area contributed by atoms with E-state index in [4.69, 9.17) is 5.26 Å². The third kappa shape index (κ3) is 3.62. The molecule has 0 aliphatic heterocycles. The maximum Gasteiger partial charge on any atom is 0.255 e. The molecular weight excluding hydrogens is 326 g/mol. The lowest BCUT2D eigenvalue weighted by Crippen LogP contribution is -2.22. The molecule has 2 aromatic carbocycles. The van der Waals surface area contributed by atoms with Gasteiger partial charge in [0.25, 0.3) is 5.91 Å². The zero-order valence-electron chi connectivity index (χ0n) is 13.6. The lowest BCUT2D eigenvalue weighted by atomic mass is 10.1. The average molecular weight is 343 g/mol. The number of aryl methyl sites for hydroxylation is 1. The van der Waals surface area contributed by atoms with Crippen LogP contribution in [0.1, 0.15) is 21.5 Å². The van der Waals surface area contributed by atoms with E-state index < -0.39 is 15.9 Å². The highest BCUT2D eigenvalue weighted by Gasteiger charge is 2.19. The molecule has 24 heavy (non-hydrogen) atoms. The Hall–Kier alpha value is -2.69. The van der Waals surface area contributed by atoms with Crippen LogP contribution in [0, 0.1) is 18.3 Å². The van der Waals surface area contributed by atoms with Gasteiger partial charge in [0.2, 0.25) is 10.0 Å². The quantitative estimate of drug-likeness (QED) is 0.923. The van der Waals surface area contributed by atoms with Crippen LogP contribution in [0.3, 0.4) is 0 Å². The van der Waals surface area contributed by atoms with Crippen molar-refractivity contribution in [3.05, 3.63) is 59.2 Å². The summed E-state index contributed by atoms with van der Waals surface area (Å²) in [6, 6.07) is 12.8. The van der Waals surface area contributed by atoms with Crippen LogP contribution >= 0.6 is 0 Å². The molecule has 1 amide bonds. The SMILES string of the molecule is Cc1ccc(S(=O)(=O)N(C)C)cc1NC(=O)c1cccc(C#N)c1. The van der Waals surface area contributed by atoms with E-state index in [-0.39, 0.29) is 4.90 Å². The number of sulfonamides is 1. The first kappa shape index (κ1) is 17.7. The van der Waals surface area contributed by atoms with Gasteiger partial charge in [-0.2, -0.15) is 5.26 Å². The lowest BCUT2D eigenvalue weighted by molar-refractivity contribution is 0.102. The van der Waals surface area contributed by atoms with Crippen molar-refractivity contribution in [2.45, 2.75) is 11.8 Å². The second-order valence-electron chi connectivity index (χ2n) is 5.41. The van der Waals surface area contributed by atoms with E-state index in [0.29, 0.717) is 16.8 Å². The fourth-order valence-corrected chi connectivity index (χ4v) is 2.96. The Labute approximate surface area is 141 Å². The monoisotopic (exact) mass is 343 g/mol. The van der Waals surface area contributed by atoms with Gasteiger partial charge < -0.3 is 5.32 Å². The molecule has 0 atom stereocenters. The van der Waals surface area contributed by atoms with Crippen molar-refractivity contribution < 1.29 is 13.2 Å². The van der Waals surface area contributed by atoms with Crippen LogP contribution in [0.2, 0.25) is 0 Å². The van der Waals surface area contributed by atoms with Gasteiger partial charge in [0, 0.05) is 25.3 Å². The zero-order chi connectivity index (χ0) is 17.9. The summed E-state index contributed by atoms with van der Waals surface area (Å²) in [5.41, 5.74) is 1.85. The van der Waals surface area contributed by atoms with E-state index in [1.807, 2.05) is 6.07 Å². The molecule has 2 aromatic rings. The van der Waals surface area contributed by atoms with E-state index in [2.05, 4.69) is 5.32 Å². The molecule has 0 saturated heterocycles. The standard InChI is InChI=1S/C17H17N3O3S/c1-12-7-8-15(24(22,23)20(2)3)10-16(12)19-17(21)14-6-4-5-13(9-14)11-18/h4-10H,1-3H3,(H,19,21). The number of rotatable bonds is 4. The van der Waals surface area contributed by atoms with E-state index >= 15 is 0 Å². The summed E-state index contributed by atoms with van der Waals surface area (Å²) in [5, 5.41) is 11.6. The number of carbonyl (C=O) groups is 1. The number of carbonyl (C=O) groups excluding carboxylic acids is 1. The first-order valence-electron chi connectivity index (χ1n) is 7.10. The Morgan fingerprint density at radius 3 is 2.50 bits per heavy atom. The number of anilines is 1. The summed E-state index contributed by atoms with van der Waals surface area (Å²) in [5.74, 6) is -0.408. The van der Waals surface area contributed by atoms with Crippen LogP contribution in [0.5, 0.6) is 0 Å². The minimum Gasteiger partial charge on any atom is -0.322 e. The van der Waals surface area contributed by atoms with Crippen molar-refractivity contribution in [2.24, 2.45) is 0 Å².